The van der Waals surface area contributed by atoms with Gasteiger partial charge >= 0.3 is 5.97 Å². The van der Waals surface area contributed by atoms with Crippen LogP contribution in [0.3, 0.4) is 0 Å². The molecule has 1 N–H and O–H groups in total. The van der Waals surface area contributed by atoms with Crippen LogP contribution in [0.1, 0.15) is 52.8 Å². The largest absolute Gasteiger partial charge is 0.483 e. The van der Waals surface area contributed by atoms with Crippen molar-refractivity contribution in [3.63, 3.8) is 0 Å². The van der Waals surface area contributed by atoms with Crippen LogP contribution in [0.15, 0.2) is 95.6 Å². The molecule has 0 saturated heterocycles. The Morgan fingerprint density at radius 3 is 2.46 bits per heavy atom. The highest BCUT2D eigenvalue weighted by molar-refractivity contribution is 5.86. The number of fused-ring (bicyclic) bond motifs is 1. The topological polar surface area (TPSA) is 69.9 Å². The minimum atomic E-state index is -0.840. The number of benzene rings is 3. The third-order valence-electron chi connectivity index (χ3n) is 6.50. The van der Waals surface area contributed by atoms with E-state index in [4.69, 9.17) is 18.6 Å². The van der Waals surface area contributed by atoms with Crippen LogP contribution in [0.5, 0.6) is 5.75 Å². The smallest absolute Gasteiger partial charge is 0.374 e. The van der Waals surface area contributed by atoms with Crippen molar-refractivity contribution < 1.29 is 23.4 Å². The molecular formula is C31H31NO5. The van der Waals surface area contributed by atoms with E-state index < -0.39 is 23.8 Å². The molecule has 1 aliphatic heterocycles. The Balaban J connectivity index is 1.44. The molecule has 1 aliphatic rings. The van der Waals surface area contributed by atoms with Crippen molar-refractivity contribution in [3.8, 4) is 5.75 Å². The van der Waals surface area contributed by atoms with Crippen molar-refractivity contribution in [3.05, 3.63) is 119 Å². The van der Waals surface area contributed by atoms with Gasteiger partial charge in [0.25, 0.3) is 0 Å². The van der Waals surface area contributed by atoms with Gasteiger partial charge in [-0.15, -0.1) is 0 Å². The first kappa shape index (κ1) is 24.7. The number of ether oxygens (including phenoxy) is 3. The molecule has 6 nitrogen and oxygen atoms in total. The maximum Gasteiger partial charge on any atom is 0.374 e. The first-order valence-corrected chi connectivity index (χ1v) is 12.4. The summed E-state index contributed by atoms with van der Waals surface area (Å²) in [4.78, 5) is 12.9. The van der Waals surface area contributed by atoms with Crippen LogP contribution in [0.2, 0.25) is 0 Å². The quantitative estimate of drug-likeness (QED) is 0.268. The first-order valence-electron chi connectivity index (χ1n) is 12.4. The highest BCUT2D eigenvalue weighted by Crippen LogP contribution is 2.45. The summed E-state index contributed by atoms with van der Waals surface area (Å²) in [6, 6.07) is 27.6. The molecule has 0 radical (unpaired) electrons. The summed E-state index contributed by atoms with van der Waals surface area (Å²) in [5.41, 5.74) is 4.34. The molecule has 2 atom stereocenters. The Morgan fingerprint density at radius 1 is 0.946 bits per heavy atom. The van der Waals surface area contributed by atoms with E-state index in [-0.39, 0.29) is 5.76 Å². The van der Waals surface area contributed by atoms with Crippen molar-refractivity contribution in [2.24, 2.45) is 0 Å². The van der Waals surface area contributed by atoms with Gasteiger partial charge in [-0.1, -0.05) is 60.2 Å². The lowest BCUT2D eigenvalue weighted by Crippen LogP contribution is -2.51. The SMILES string of the molecule is Cc1ccc(CNc2ccc3c(c2)C(OCc2ccccc2)C(OC(=O)c2ccco2)C(C)(C)O3)cc1. The molecule has 3 aromatic carbocycles. The predicted molar refractivity (Wildman–Crippen MR) is 142 cm³/mol. The summed E-state index contributed by atoms with van der Waals surface area (Å²) in [7, 11) is 0. The van der Waals surface area contributed by atoms with Crippen LogP contribution < -0.4 is 10.1 Å². The standard InChI is InChI=1S/C31H31NO5/c1-21-11-13-22(14-12-21)19-32-24-15-16-26-25(18-24)28(35-20-23-8-5-4-6-9-23)29(31(2,3)37-26)36-30(33)27-10-7-17-34-27/h4-18,28-29,32H,19-20H2,1-3H3. The molecule has 0 amide bonds. The van der Waals surface area contributed by atoms with Crippen molar-refractivity contribution in [1.29, 1.82) is 0 Å². The van der Waals surface area contributed by atoms with Crippen molar-refractivity contribution in [1.82, 2.24) is 0 Å². The second-order valence-corrected chi connectivity index (χ2v) is 9.82. The van der Waals surface area contributed by atoms with Crippen LogP contribution in [0, 0.1) is 6.92 Å². The summed E-state index contributed by atoms with van der Waals surface area (Å²) < 4.78 is 24.1. The molecule has 37 heavy (non-hydrogen) atoms. The number of carbonyl (C=O) groups excluding carboxylic acids is 1. The summed E-state index contributed by atoms with van der Waals surface area (Å²) in [5, 5.41) is 3.49. The van der Waals surface area contributed by atoms with E-state index in [9.17, 15) is 4.79 Å². The molecule has 2 heterocycles. The summed E-state index contributed by atoms with van der Waals surface area (Å²) >= 11 is 0. The molecule has 0 aliphatic carbocycles. The molecule has 190 valence electrons. The maximum absolute atomic E-state index is 12.9. The summed E-state index contributed by atoms with van der Waals surface area (Å²) in [5.74, 6) is 0.281. The molecule has 0 saturated carbocycles. The lowest BCUT2D eigenvalue weighted by Gasteiger charge is -2.43. The van der Waals surface area contributed by atoms with Crippen LogP contribution in [0.25, 0.3) is 0 Å². The lowest BCUT2D eigenvalue weighted by atomic mass is 9.87. The number of nitrogens with one attached hydrogen (secondary N) is 1. The van der Waals surface area contributed by atoms with Gasteiger partial charge in [0.2, 0.25) is 5.76 Å². The van der Waals surface area contributed by atoms with Gasteiger partial charge in [0.1, 0.15) is 17.5 Å². The molecule has 1 aromatic heterocycles. The number of rotatable bonds is 8. The fourth-order valence-electron chi connectivity index (χ4n) is 4.46. The van der Waals surface area contributed by atoms with Gasteiger partial charge in [0.15, 0.2) is 6.10 Å². The van der Waals surface area contributed by atoms with Crippen molar-refractivity contribution in [2.75, 3.05) is 5.32 Å². The molecule has 0 fully saturated rings. The first-order chi connectivity index (χ1) is 17.9. The molecule has 6 heteroatoms. The Hall–Kier alpha value is -4.03. The van der Waals surface area contributed by atoms with Gasteiger partial charge < -0.3 is 23.9 Å². The molecule has 0 spiro atoms. The van der Waals surface area contributed by atoms with E-state index in [0.717, 1.165) is 16.8 Å². The third kappa shape index (κ3) is 5.70. The Labute approximate surface area is 217 Å². The zero-order valence-electron chi connectivity index (χ0n) is 21.3. The summed E-state index contributed by atoms with van der Waals surface area (Å²) in [6.07, 6.45) is 0.178. The number of furan rings is 1. The van der Waals surface area contributed by atoms with Gasteiger partial charge in [0.05, 0.1) is 12.9 Å². The fourth-order valence-corrected chi connectivity index (χ4v) is 4.46. The monoisotopic (exact) mass is 497 g/mol. The van der Waals surface area contributed by atoms with Crippen molar-refractivity contribution in [2.45, 2.75) is 51.7 Å². The number of esters is 1. The van der Waals surface area contributed by atoms with Gasteiger partial charge in [-0.2, -0.15) is 0 Å². The zero-order chi connectivity index (χ0) is 25.8. The molecule has 4 aromatic rings. The predicted octanol–water partition coefficient (Wildman–Crippen LogP) is 6.85. The molecular weight excluding hydrogens is 466 g/mol. The third-order valence-corrected chi connectivity index (χ3v) is 6.50. The molecule has 5 rings (SSSR count). The second kappa shape index (κ2) is 10.5. The Bertz CT molecular complexity index is 1330. The molecule has 2 unspecified atom stereocenters. The lowest BCUT2D eigenvalue weighted by molar-refractivity contribution is -0.144. The molecule has 0 bridgehead atoms. The zero-order valence-corrected chi connectivity index (χ0v) is 21.3. The van der Waals surface area contributed by atoms with Crippen molar-refractivity contribution >= 4 is 11.7 Å². The van der Waals surface area contributed by atoms with E-state index in [0.29, 0.717) is 18.9 Å². The number of hydrogen-bond acceptors (Lipinski definition) is 6. The fraction of sp³-hybridized carbons (Fsp3) is 0.258. The Morgan fingerprint density at radius 2 is 1.73 bits per heavy atom. The van der Waals surface area contributed by atoms with E-state index in [1.54, 1.807) is 12.1 Å². The highest BCUT2D eigenvalue weighted by Gasteiger charge is 2.48. The van der Waals surface area contributed by atoms with E-state index in [1.165, 1.54) is 17.4 Å². The number of anilines is 1. The summed E-state index contributed by atoms with van der Waals surface area (Å²) in [6.45, 7) is 6.92. The Kier molecular flexibility index (Phi) is 7.01. The van der Waals surface area contributed by atoms with Gasteiger partial charge in [-0.25, -0.2) is 4.79 Å². The van der Waals surface area contributed by atoms with Crippen LogP contribution in [-0.4, -0.2) is 17.7 Å². The van der Waals surface area contributed by atoms with Gasteiger partial charge in [-0.05, 0) is 62.2 Å². The van der Waals surface area contributed by atoms with Crippen LogP contribution >= 0.6 is 0 Å². The van der Waals surface area contributed by atoms with E-state index in [2.05, 4.69) is 36.5 Å². The van der Waals surface area contributed by atoms with Gasteiger partial charge in [0, 0.05) is 17.8 Å². The number of hydrogen-bond donors (Lipinski definition) is 1. The van der Waals surface area contributed by atoms with Crippen LogP contribution in [0.4, 0.5) is 5.69 Å². The normalized spacial score (nSPS) is 17.9. The van der Waals surface area contributed by atoms with Crippen LogP contribution in [-0.2, 0) is 22.6 Å². The number of aryl methyl sites for hydroxylation is 1. The highest BCUT2D eigenvalue weighted by atomic mass is 16.6. The average Bonchev–Trinajstić information content (AvgIpc) is 3.44. The second-order valence-electron chi connectivity index (χ2n) is 9.82. The van der Waals surface area contributed by atoms with E-state index in [1.807, 2.05) is 62.4 Å². The maximum atomic E-state index is 12.9. The van der Waals surface area contributed by atoms with E-state index >= 15 is 0 Å². The average molecular weight is 498 g/mol. The minimum Gasteiger partial charge on any atom is -0.483 e. The number of carbonyl (C=O) groups is 1. The van der Waals surface area contributed by atoms with Gasteiger partial charge in [-0.3, -0.25) is 0 Å². The minimum absolute atomic E-state index is 0.136.